The fourth-order valence-corrected chi connectivity index (χ4v) is 3.10. The minimum atomic E-state index is -0.113. The van der Waals surface area contributed by atoms with Crippen molar-refractivity contribution in [1.82, 2.24) is 10.2 Å². The van der Waals surface area contributed by atoms with Crippen LogP contribution in [0.5, 0.6) is 0 Å². The molecule has 1 unspecified atom stereocenters. The van der Waals surface area contributed by atoms with Gasteiger partial charge in [0.15, 0.2) is 0 Å². The summed E-state index contributed by atoms with van der Waals surface area (Å²) in [5.41, 5.74) is 20.3. The number of rotatable bonds is 8. The molecule has 1 aromatic carbocycles. The molecule has 1 saturated heterocycles. The zero-order valence-electron chi connectivity index (χ0n) is 14.6. The summed E-state index contributed by atoms with van der Waals surface area (Å²) in [7, 11) is 0. The average molecular weight is 340 g/mol. The number of benzene rings is 1. The van der Waals surface area contributed by atoms with Crippen molar-refractivity contribution < 1.29 is 0 Å². The summed E-state index contributed by atoms with van der Waals surface area (Å²) in [6, 6.07) is 10.4. The van der Waals surface area contributed by atoms with Gasteiger partial charge in [-0.3, -0.25) is 5.41 Å². The van der Waals surface area contributed by atoms with Gasteiger partial charge >= 0.3 is 0 Å². The molecule has 134 valence electrons. The van der Waals surface area contributed by atoms with E-state index >= 15 is 0 Å². The highest BCUT2D eigenvalue weighted by Crippen LogP contribution is 2.28. The molecule has 0 aromatic heterocycles. The molecule has 1 aliphatic rings. The van der Waals surface area contributed by atoms with E-state index in [1.807, 2.05) is 18.2 Å². The summed E-state index contributed by atoms with van der Waals surface area (Å²) in [5, 5.41) is 11.0. The number of hydrogen-bond donors (Lipinski definition) is 5. The van der Waals surface area contributed by atoms with Gasteiger partial charge in [0.1, 0.15) is 11.7 Å². The predicted molar refractivity (Wildman–Crippen MR) is 103 cm³/mol. The van der Waals surface area contributed by atoms with Crippen molar-refractivity contribution in [3.05, 3.63) is 71.8 Å². The summed E-state index contributed by atoms with van der Waals surface area (Å²) >= 11 is 0. The van der Waals surface area contributed by atoms with E-state index < -0.39 is 0 Å². The second-order valence-corrected chi connectivity index (χ2v) is 6.31. The molecule has 6 nitrogen and oxygen atoms in total. The second kappa shape index (κ2) is 8.28. The number of amidine groups is 1. The smallest absolute Gasteiger partial charge is 0.122 e. The quantitative estimate of drug-likeness (QED) is 0.365. The Hall–Kier alpha value is -2.89. The van der Waals surface area contributed by atoms with Crippen LogP contribution in [0.1, 0.15) is 24.8 Å². The molecule has 6 heteroatoms. The van der Waals surface area contributed by atoms with E-state index in [9.17, 15) is 0 Å². The van der Waals surface area contributed by atoms with Crippen LogP contribution in [0.3, 0.4) is 0 Å². The Bertz CT molecular complexity index is 672. The zero-order chi connectivity index (χ0) is 18.4. The lowest BCUT2D eigenvalue weighted by Gasteiger charge is -2.31. The minimum Gasteiger partial charge on any atom is -0.385 e. The molecule has 25 heavy (non-hydrogen) atoms. The van der Waals surface area contributed by atoms with Crippen molar-refractivity contribution in [2.24, 2.45) is 17.2 Å². The molecule has 1 aromatic rings. The Kier molecular flexibility index (Phi) is 6.11. The average Bonchev–Trinajstić information content (AvgIpc) is 3.07. The van der Waals surface area contributed by atoms with Gasteiger partial charge in [-0.2, -0.15) is 0 Å². The lowest BCUT2D eigenvalue weighted by atomic mass is 10.1. The monoisotopic (exact) mass is 340 g/mol. The summed E-state index contributed by atoms with van der Waals surface area (Å²) in [6.07, 6.45) is 2.45. The van der Waals surface area contributed by atoms with Crippen LogP contribution in [0, 0.1) is 5.41 Å². The predicted octanol–water partition coefficient (Wildman–Crippen LogP) is 1.72. The Balaban J connectivity index is 1.99. The van der Waals surface area contributed by atoms with Crippen LogP contribution in [0.2, 0.25) is 0 Å². The maximum atomic E-state index is 7.61. The molecule has 2 rings (SSSR count). The molecular formula is C19H28N6. The molecular weight excluding hydrogens is 312 g/mol. The number of likely N-dealkylation sites (tertiary alicyclic amines) is 1. The van der Waals surface area contributed by atoms with Gasteiger partial charge in [0.2, 0.25) is 0 Å². The maximum Gasteiger partial charge on any atom is 0.122 e. The van der Waals surface area contributed by atoms with Crippen LogP contribution in [0.15, 0.2) is 66.3 Å². The van der Waals surface area contributed by atoms with Gasteiger partial charge in [0.05, 0.1) is 6.04 Å². The van der Waals surface area contributed by atoms with Crippen molar-refractivity contribution in [1.29, 1.82) is 5.41 Å². The molecule has 1 atom stereocenters. The van der Waals surface area contributed by atoms with Crippen molar-refractivity contribution >= 4 is 5.84 Å². The second-order valence-electron chi connectivity index (χ2n) is 6.31. The van der Waals surface area contributed by atoms with E-state index in [0.717, 1.165) is 37.3 Å². The standard InChI is InChI=1S/C19H28N6/c1-13(11-16(18(20)21)19(22)23)25-10-6-9-17(25)14(2)24-12-15-7-4-3-5-8-15/h3-5,7-8,17,24H,1-2,6,9-12,20-21H2,(H3,22,23). The van der Waals surface area contributed by atoms with Crippen LogP contribution in [0.25, 0.3) is 0 Å². The Morgan fingerprint density at radius 2 is 1.88 bits per heavy atom. The van der Waals surface area contributed by atoms with E-state index in [1.165, 1.54) is 5.56 Å². The highest BCUT2D eigenvalue weighted by molar-refractivity contribution is 5.95. The van der Waals surface area contributed by atoms with E-state index in [1.54, 1.807) is 0 Å². The topological polar surface area (TPSA) is 117 Å². The molecule has 0 bridgehead atoms. The molecule has 1 aliphatic heterocycles. The number of nitrogens with zero attached hydrogens (tertiary/aromatic N) is 1. The SMILES string of the molecule is C=C(NCc1ccccc1)C1CCCN1C(=C)CC(C(=N)N)=C(N)N. The van der Waals surface area contributed by atoms with E-state index in [-0.39, 0.29) is 17.7 Å². The van der Waals surface area contributed by atoms with Gasteiger partial charge in [0, 0.05) is 36.5 Å². The lowest BCUT2D eigenvalue weighted by molar-refractivity contribution is 0.338. The van der Waals surface area contributed by atoms with Crippen molar-refractivity contribution in [2.75, 3.05) is 6.54 Å². The molecule has 0 spiro atoms. The largest absolute Gasteiger partial charge is 0.385 e. The first-order chi connectivity index (χ1) is 11.9. The van der Waals surface area contributed by atoms with Crippen LogP contribution in [0.4, 0.5) is 0 Å². The number of nitrogens with one attached hydrogen (secondary N) is 2. The molecule has 1 fully saturated rings. The van der Waals surface area contributed by atoms with Gasteiger partial charge in [0.25, 0.3) is 0 Å². The number of hydrogen-bond acceptors (Lipinski definition) is 5. The fourth-order valence-electron chi connectivity index (χ4n) is 3.10. The summed E-state index contributed by atoms with van der Waals surface area (Å²) < 4.78 is 0. The Morgan fingerprint density at radius 1 is 1.20 bits per heavy atom. The zero-order valence-corrected chi connectivity index (χ0v) is 14.6. The Labute approximate surface area is 149 Å². The van der Waals surface area contributed by atoms with Crippen LogP contribution in [-0.4, -0.2) is 23.3 Å². The van der Waals surface area contributed by atoms with E-state index in [2.05, 4.69) is 35.5 Å². The molecule has 8 N–H and O–H groups in total. The first-order valence-corrected chi connectivity index (χ1v) is 8.39. The third kappa shape index (κ3) is 4.79. The maximum absolute atomic E-state index is 7.61. The normalized spacial score (nSPS) is 16.3. The van der Waals surface area contributed by atoms with Gasteiger partial charge in [-0.1, -0.05) is 43.5 Å². The molecule has 0 saturated carbocycles. The van der Waals surface area contributed by atoms with Crippen molar-refractivity contribution in [2.45, 2.75) is 31.8 Å². The highest BCUT2D eigenvalue weighted by atomic mass is 15.2. The van der Waals surface area contributed by atoms with Gasteiger partial charge in [-0.05, 0) is 18.4 Å². The number of allylic oxidation sites excluding steroid dienone is 1. The van der Waals surface area contributed by atoms with Gasteiger partial charge in [-0.15, -0.1) is 0 Å². The Morgan fingerprint density at radius 3 is 2.48 bits per heavy atom. The number of nitrogens with two attached hydrogens (primary N) is 3. The highest BCUT2D eigenvalue weighted by Gasteiger charge is 2.28. The van der Waals surface area contributed by atoms with Crippen LogP contribution >= 0.6 is 0 Å². The summed E-state index contributed by atoms with van der Waals surface area (Å²) in [4.78, 5) is 2.20. The first-order valence-electron chi connectivity index (χ1n) is 8.39. The fraction of sp³-hybridized carbons (Fsp3) is 0.316. The lowest BCUT2D eigenvalue weighted by Crippen LogP contribution is -2.35. The third-order valence-electron chi connectivity index (χ3n) is 4.48. The molecule has 0 aliphatic carbocycles. The molecule has 0 radical (unpaired) electrons. The van der Waals surface area contributed by atoms with E-state index in [4.69, 9.17) is 22.6 Å². The van der Waals surface area contributed by atoms with Crippen molar-refractivity contribution in [3.63, 3.8) is 0 Å². The summed E-state index contributed by atoms with van der Waals surface area (Å²) in [5.74, 6) is -0.0386. The molecule has 0 amide bonds. The van der Waals surface area contributed by atoms with Crippen LogP contribution < -0.4 is 22.5 Å². The van der Waals surface area contributed by atoms with Crippen molar-refractivity contribution in [3.8, 4) is 0 Å². The first kappa shape index (κ1) is 18.4. The van der Waals surface area contributed by atoms with Gasteiger partial charge < -0.3 is 27.4 Å². The molecule has 1 heterocycles. The van der Waals surface area contributed by atoms with Gasteiger partial charge in [-0.25, -0.2) is 0 Å². The van der Waals surface area contributed by atoms with E-state index in [0.29, 0.717) is 12.0 Å². The summed E-state index contributed by atoms with van der Waals surface area (Å²) in [6.45, 7) is 10.00. The minimum absolute atomic E-state index is 0.0745. The van der Waals surface area contributed by atoms with Crippen LogP contribution in [-0.2, 0) is 6.54 Å². The third-order valence-corrected chi connectivity index (χ3v) is 4.48.